The lowest BCUT2D eigenvalue weighted by atomic mass is 9.96. The van der Waals surface area contributed by atoms with Gasteiger partial charge < -0.3 is 11.1 Å². The Balaban J connectivity index is 2.52. The van der Waals surface area contributed by atoms with Crippen LogP contribution in [0.15, 0.2) is 0 Å². The van der Waals surface area contributed by atoms with Crippen LogP contribution in [0, 0.1) is 5.92 Å². The molecule has 3 N–H and O–H groups in total. The van der Waals surface area contributed by atoms with E-state index in [1.807, 2.05) is 0 Å². The first-order valence-electron chi connectivity index (χ1n) is 5.18. The Hall–Kier alpha value is -1.39. The summed E-state index contributed by atoms with van der Waals surface area (Å²) < 4.78 is 0. The Morgan fingerprint density at radius 3 is 2.47 bits per heavy atom. The van der Waals surface area contributed by atoms with Crippen LogP contribution in [-0.4, -0.2) is 24.1 Å². The van der Waals surface area contributed by atoms with Crippen molar-refractivity contribution in [2.75, 3.05) is 0 Å². The molecular weight excluding hydrogens is 196 g/mol. The molecule has 1 rings (SSSR count). The second kappa shape index (κ2) is 5.48. The number of Topliss-reactive ketones (excluding diaryl/α,β-unsaturated/α-hetero) is 1. The van der Waals surface area contributed by atoms with Gasteiger partial charge in [0.1, 0.15) is 0 Å². The van der Waals surface area contributed by atoms with Crippen molar-refractivity contribution in [2.45, 2.75) is 38.1 Å². The van der Waals surface area contributed by atoms with Crippen molar-refractivity contribution >= 4 is 18.1 Å². The van der Waals surface area contributed by atoms with Crippen molar-refractivity contribution in [1.29, 1.82) is 0 Å². The SMILES string of the molecule is NC(=O)C(=O)C(CC1CCCC1)NC=O. The van der Waals surface area contributed by atoms with E-state index in [9.17, 15) is 14.4 Å². The summed E-state index contributed by atoms with van der Waals surface area (Å²) in [4.78, 5) is 32.3. The van der Waals surface area contributed by atoms with Crippen LogP contribution in [0.4, 0.5) is 0 Å². The normalized spacial score (nSPS) is 18.4. The number of primary amides is 1. The molecule has 1 aliphatic carbocycles. The molecule has 1 fully saturated rings. The molecule has 0 aromatic rings. The van der Waals surface area contributed by atoms with Gasteiger partial charge in [-0.05, 0) is 12.3 Å². The zero-order valence-electron chi connectivity index (χ0n) is 8.57. The molecule has 0 aromatic carbocycles. The van der Waals surface area contributed by atoms with E-state index in [1.54, 1.807) is 0 Å². The van der Waals surface area contributed by atoms with E-state index in [-0.39, 0.29) is 0 Å². The van der Waals surface area contributed by atoms with Crippen LogP contribution in [0.5, 0.6) is 0 Å². The highest BCUT2D eigenvalue weighted by Crippen LogP contribution is 2.28. The lowest BCUT2D eigenvalue weighted by Crippen LogP contribution is -2.43. The summed E-state index contributed by atoms with van der Waals surface area (Å²) in [7, 11) is 0. The van der Waals surface area contributed by atoms with Crippen molar-refractivity contribution < 1.29 is 14.4 Å². The maximum Gasteiger partial charge on any atom is 0.287 e. The summed E-state index contributed by atoms with van der Waals surface area (Å²) in [6.45, 7) is 0. The topological polar surface area (TPSA) is 89.3 Å². The number of rotatable bonds is 6. The first-order chi connectivity index (χ1) is 7.15. The van der Waals surface area contributed by atoms with Crippen LogP contribution in [0.3, 0.4) is 0 Å². The van der Waals surface area contributed by atoms with Crippen LogP contribution in [-0.2, 0) is 14.4 Å². The highest BCUT2D eigenvalue weighted by atomic mass is 16.2. The minimum absolute atomic E-state index is 0.422. The van der Waals surface area contributed by atoms with Gasteiger partial charge in [0.25, 0.3) is 5.91 Å². The summed E-state index contributed by atoms with van der Waals surface area (Å²) in [5.41, 5.74) is 4.90. The van der Waals surface area contributed by atoms with E-state index in [0.717, 1.165) is 25.7 Å². The largest absolute Gasteiger partial charge is 0.363 e. The van der Waals surface area contributed by atoms with Crippen LogP contribution >= 0.6 is 0 Å². The van der Waals surface area contributed by atoms with E-state index in [2.05, 4.69) is 5.32 Å². The average Bonchev–Trinajstić information content (AvgIpc) is 2.68. The molecule has 1 saturated carbocycles. The summed E-state index contributed by atoms with van der Waals surface area (Å²) in [5, 5.41) is 2.36. The molecule has 5 nitrogen and oxygen atoms in total. The Kier molecular flexibility index (Phi) is 4.27. The maximum absolute atomic E-state index is 11.3. The molecule has 0 radical (unpaired) electrons. The second-order valence-electron chi connectivity index (χ2n) is 3.95. The van der Waals surface area contributed by atoms with Gasteiger partial charge in [0, 0.05) is 0 Å². The zero-order chi connectivity index (χ0) is 11.3. The van der Waals surface area contributed by atoms with Crippen molar-refractivity contribution in [2.24, 2.45) is 11.7 Å². The Morgan fingerprint density at radius 2 is 2.00 bits per heavy atom. The van der Waals surface area contributed by atoms with Gasteiger partial charge >= 0.3 is 0 Å². The smallest absolute Gasteiger partial charge is 0.287 e. The Labute approximate surface area is 88.4 Å². The van der Waals surface area contributed by atoms with Crippen molar-refractivity contribution in [3.63, 3.8) is 0 Å². The van der Waals surface area contributed by atoms with Gasteiger partial charge in [-0.15, -0.1) is 0 Å². The molecule has 1 aliphatic rings. The van der Waals surface area contributed by atoms with Gasteiger partial charge in [-0.1, -0.05) is 25.7 Å². The molecule has 1 atom stereocenters. The minimum atomic E-state index is -0.979. The molecule has 15 heavy (non-hydrogen) atoms. The molecule has 0 bridgehead atoms. The molecule has 0 aromatic heterocycles. The average molecular weight is 212 g/mol. The summed E-state index contributed by atoms with van der Waals surface area (Å²) in [6.07, 6.45) is 5.40. The van der Waals surface area contributed by atoms with E-state index in [4.69, 9.17) is 5.73 Å². The van der Waals surface area contributed by atoms with Crippen molar-refractivity contribution in [3.05, 3.63) is 0 Å². The van der Waals surface area contributed by atoms with Gasteiger partial charge in [0.2, 0.25) is 12.2 Å². The monoisotopic (exact) mass is 212 g/mol. The van der Waals surface area contributed by atoms with E-state index in [1.165, 1.54) is 0 Å². The number of carbonyl (C=O) groups excluding carboxylic acids is 3. The molecular formula is C10H16N2O3. The number of nitrogens with two attached hydrogens (primary N) is 1. The minimum Gasteiger partial charge on any atom is -0.363 e. The first-order valence-corrected chi connectivity index (χ1v) is 5.18. The standard InChI is InChI=1S/C10H16N2O3/c11-10(15)9(14)8(12-6-13)5-7-3-1-2-4-7/h6-8H,1-5H2,(H2,11,15)(H,12,13). The third-order valence-corrected chi connectivity index (χ3v) is 2.87. The molecule has 0 heterocycles. The number of hydrogen-bond acceptors (Lipinski definition) is 3. The van der Waals surface area contributed by atoms with Gasteiger partial charge in [0.15, 0.2) is 0 Å². The first kappa shape index (κ1) is 11.7. The highest BCUT2D eigenvalue weighted by molar-refractivity contribution is 6.37. The van der Waals surface area contributed by atoms with Gasteiger partial charge in [-0.25, -0.2) is 0 Å². The summed E-state index contributed by atoms with van der Waals surface area (Å²) >= 11 is 0. The van der Waals surface area contributed by atoms with Crippen LogP contribution in [0.2, 0.25) is 0 Å². The molecule has 84 valence electrons. The van der Waals surface area contributed by atoms with Gasteiger partial charge in [0.05, 0.1) is 6.04 Å². The lowest BCUT2D eigenvalue weighted by molar-refractivity contribution is -0.137. The Morgan fingerprint density at radius 1 is 1.40 bits per heavy atom. The van der Waals surface area contributed by atoms with Gasteiger partial charge in [-0.3, -0.25) is 14.4 Å². The molecule has 0 saturated heterocycles. The van der Waals surface area contributed by atoms with Gasteiger partial charge in [-0.2, -0.15) is 0 Å². The fourth-order valence-corrected chi connectivity index (χ4v) is 2.08. The fourth-order valence-electron chi connectivity index (χ4n) is 2.08. The third-order valence-electron chi connectivity index (χ3n) is 2.87. The zero-order valence-corrected chi connectivity index (χ0v) is 8.57. The predicted molar refractivity (Wildman–Crippen MR) is 53.8 cm³/mol. The maximum atomic E-state index is 11.3. The lowest BCUT2D eigenvalue weighted by Gasteiger charge is -2.16. The third kappa shape index (κ3) is 3.34. The van der Waals surface area contributed by atoms with E-state index >= 15 is 0 Å². The molecule has 0 aliphatic heterocycles. The highest BCUT2D eigenvalue weighted by Gasteiger charge is 2.27. The van der Waals surface area contributed by atoms with Crippen molar-refractivity contribution in [3.8, 4) is 0 Å². The quantitative estimate of drug-likeness (QED) is 0.469. The Bertz CT molecular complexity index is 259. The van der Waals surface area contributed by atoms with Crippen LogP contribution in [0.25, 0.3) is 0 Å². The number of hydrogen-bond donors (Lipinski definition) is 2. The second-order valence-corrected chi connectivity index (χ2v) is 3.95. The molecule has 5 heteroatoms. The van der Waals surface area contributed by atoms with Crippen LogP contribution < -0.4 is 11.1 Å². The van der Waals surface area contributed by atoms with Crippen molar-refractivity contribution in [1.82, 2.24) is 5.32 Å². The van der Waals surface area contributed by atoms with E-state index < -0.39 is 17.7 Å². The summed E-state index contributed by atoms with van der Waals surface area (Å²) in [5.74, 6) is -1.26. The van der Waals surface area contributed by atoms with E-state index in [0.29, 0.717) is 18.7 Å². The predicted octanol–water partition coefficient (Wildman–Crippen LogP) is -0.264. The number of nitrogens with one attached hydrogen (secondary N) is 1. The number of amides is 2. The number of carbonyl (C=O) groups is 3. The molecule has 2 amide bonds. The fraction of sp³-hybridized carbons (Fsp3) is 0.700. The summed E-state index contributed by atoms with van der Waals surface area (Å²) in [6, 6.07) is -0.733. The molecule has 0 spiro atoms. The van der Waals surface area contributed by atoms with Crippen LogP contribution in [0.1, 0.15) is 32.1 Å². The number of ketones is 1. The molecule has 1 unspecified atom stereocenters.